The third kappa shape index (κ3) is 7.15. The molecule has 4 N–H and O–H groups in total. The molecule has 0 saturated carbocycles. The Hall–Kier alpha value is -1.11. The van der Waals surface area contributed by atoms with Crippen LogP contribution in [0.5, 0.6) is 0 Å². The number of nitrogens with zero attached hydrogens (tertiary/aromatic N) is 1. The number of nitrogens with two attached hydrogens (primary N) is 1. The summed E-state index contributed by atoms with van der Waals surface area (Å²) >= 11 is 0. The van der Waals surface area contributed by atoms with Gasteiger partial charge in [-0.1, -0.05) is 6.08 Å². The van der Waals surface area contributed by atoms with Crippen LogP contribution in [0, 0.1) is 5.92 Å². The molecule has 0 bridgehead atoms. The Labute approximate surface area is 120 Å². The van der Waals surface area contributed by atoms with E-state index in [-0.39, 0.29) is 24.9 Å². The summed E-state index contributed by atoms with van der Waals surface area (Å²) in [7, 11) is 0. The Kier molecular flexibility index (Phi) is 9.20. The zero-order valence-electron chi connectivity index (χ0n) is 11.1. The van der Waals surface area contributed by atoms with Crippen molar-refractivity contribution in [1.82, 2.24) is 15.5 Å². The number of halogens is 1. The quantitative estimate of drug-likeness (QED) is 0.626. The number of amides is 3. The van der Waals surface area contributed by atoms with Gasteiger partial charge >= 0.3 is 6.03 Å². The number of urea groups is 1. The second-order valence-electron chi connectivity index (χ2n) is 4.50. The second-order valence-corrected chi connectivity index (χ2v) is 4.50. The van der Waals surface area contributed by atoms with Crippen molar-refractivity contribution in [2.75, 3.05) is 32.7 Å². The number of imide groups is 1. The van der Waals surface area contributed by atoms with Gasteiger partial charge < -0.3 is 11.1 Å². The molecule has 6 nitrogen and oxygen atoms in total. The maximum absolute atomic E-state index is 11.6. The lowest BCUT2D eigenvalue weighted by Crippen LogP contribution is -2.46. The second kappa shape index (κ2) is 9.77. The molecular formula is C12H23ClN4O2. The van der Waals surface area contributed by atoms with Crippen LogP contribution >= 0.6 is 12.4 Å². The van der Waals surface area contributed by atoms with E-state index >= 15 is 0 Å². The van der Waals surface area contributed by atoms with Crippen molar-refractivity contribution < 1.29 is 9.59 Å². The Morgan fingerprint density at radius 1 is 1.37 bits per heavy atom. The minimum Gasteiger partial charge on any atom is -0.334 e. The molecule has 0 aromatic carbocycles. The zero-order chi connectivity index (χ0) is 13.4. The first-order valence-electron chi connectivity index (χ1n) is 6.26. The van der Waals surface area contributed by atoms with Crippen LogP contribution in [-0.4, -0.2) is 49.6 Å². The van der Waals surface area contributed by atoms with Crippen LogP contribution in [0.3, 0.4) is 0 Å². The lowest BCUT2D eigenvalue weighted by Gasteiger charge is -2.30. The zero-order valence-corrected chi connectivity index (χ0v) is 11.9. The van der Waals surface area contributed by atoms with Gasteiger partial charge in [0.1, 0.15) is 0 Å². The van der Waals surface area contributed by atoms with Crippen LogP contribution in [0.25, 0.3) is 0 Å². The molecule has 0 radical (unpaired) electrons. The van der Waals surface area contributed by atoms with Crippen molar-refractivity contribution in [1.29, 1.82) is 0 Å². The summed E-state index contributed by atoms with van der Waals surface area (Å²) in [5.41, 5.74) is 5.60. The molecule has 3 amide bonds. The fourth-order valence-corrected chi connectivity index (χ4v) is 1.96. The number of nitrogens with one attached hydrogen (secondary N) is 2. The molecule has 0 unspecified atom stereocenters. The van der Waals surface area contributed by atoms with Crippen LogP contribution in [0.15, 0.2) is 12.7 Å². The number of hydrogen-bond donors (Lipinski definition) is 3. The molecule has 1 heterocycles. The highest BCUT2D eigenvalue weighted by atomic mass is 35.5. The van der Waals surface area contributed by atoms with Gasteiger partial charge in [0.25, 0.3) is 0 Å². The van der Waals surface area contributed by atoms with Crippen molar-refractivity contribution in [3.63, 3.8) is 0 Å². The normalized spacial score (nSPS) is 16.3. The van der Waals surface area contributed by atoms with Gasteiger partial charge in [-0.15, -0.1) is 19.0 Å². The van der Waals surface area contributed by atoms with Crippen molar-refractivity contribution in [3.8, 4) is 0 Å². The maximum atomic E-state index is 11.6. The van der Waals surface area contributed by atoms with E-state index in [2.05, 4.69) is 17.2 Å². The summed E-state index contributed by atoms with van der Waals surface area (Å²) in [6, 6.07) is -0.475. The summed E-state index contributed by atoms with van der Waals surface area (Å²) in [5.74, 6) is 0.294. The van der Waals surface area contributed by atoms with Gasteiger partial charge in [-0.05, 0) is 38.4 Å². The van der Waals surface area contributed by atoms with Crippen molar-refractivity contribution in [3.05, 3.63) is 12.7 Å². The van der Waals surface area contributed by atoms with Gasteiger partial charge in [-0.3, -0.25) is 15.0 Å². The number of rotatable bonds is 5. The Morgan fingerprint density at radius 2 is 2.00 bits per heavy atom. The van der Waals surface area contributed by atoms with E-state index in [1.165, 1.54) is 0 Å². The summed E-state index contributed by atoms with van der Waals surface area (Å²) < 4.78 is 0. The average Bonchev–Trinajstić information content (AvgIpc) is 2.37. The summed E-state index contributed by atoms with van der Waals surface area (Å²) in [5, 5.41) is 4.78. The molecule has 19 heavy (non-hydrogen) atoms. The van der Waals surface area contributed by atoms with Gasteiger partial charge in [0, 0.05) is 6.54 Å². The summed E-state index contributed by atoms with van der Waals surface area (Å²) in [6.45, 7) is 6.53. The van der Waals surface area contributed by atoms with Gasteiger partial charge in [-0.25, -0.2) is 4.79 Å². The molecule has 0 aromatic heterocycles. The van der Waals surface area contributed by atoms with E-state index in [1.54, 1.807) is 6.08 Å². The monoisotopic (exact) mass is 290 g/mol. The standard InChI is InChI=1S/C12H22N4O2.ClH/c1-2-5-14-12(18)15-11(17)9-16-6-3-10(8-13)4-7-16;/h2,10H,1,3-9,13H2,(H2,14,15,17,18);1H. The molecule has 0 spiro atoms. The third-order valence-corrected chi connectivity index (χ3v) is 3.07. The molecule has 1 saturated heterocycles. The molecule has 1 aliphatic heterocycles. The SMILES string of the molecule is C=CCNC(=O)NC(=O)CN1CCC(CN)CC1.Cl. The van der Waals surface area contributed by atoms with Crippen LogP contribution in [0.1, 0.15) is 12.8 Å². The molecule has 0 atom stereocenters. The number of piperidine rings is 1. The summed E-state index contributed by atoms with van der Waals surface area (Å²) in [4.78, 5) is 24.8. The van der Waals surface area contributed by atoms with Gasteiger partial charge in [0.2, 0.25) is 5.91 Å². The van der Waals surface area contributed by atoms with Crippen LogP contribution < -0.4 is 16.4 Å². The highest BCUT2D eigenvalue weighted by Crippen LogP contribution is 2.14. The Bertz CT molecular complexity index is 304. The van der Waals surface area contributed by atoms with E-state index in [9.17, 15) is 9.59 Å². The minimum atomic E-state index is -0.475. The maximum Gasteiger partial charge on any atom is 0.321 e. The fraction of sp³-hybridized carbons (Fsp3) is 0.667. The first kappa shape index (κ1) is 17.9. The van der Waals surface area contributed by atoms with Crippen LogP contribution in [0.4, 0.5) is 4.79 Å². The smallest absolute Gasteiger partial charge is 0.321 e. The van der Waals surface area contributed by atoms with Crippen molar-refractivity contribution >= 4 is 24.3 Å². The van der Waals surface area contributed by atoms with E-state index in [4.69, 9.17) is 5.73 Å². The lowest BCUT2D eigenvalue weighted by atomic mass is 9.97. The average molecular weight is 291 g/mol. The van der Waals surface area contributed by atoms with E-state index < -0.39 is 6.03 Å². The number of carbonyl (C=O) groups excluding carboxylic acids is 2. The van der Waals surface area contributed by atoms with Crippen molar-refractivity contribution in [2.24, 2.45) is 11.7 Å². The predicted molar refractivity (Wildman–Crippen MR) is 77.2 cm³/mol. The molecular weight excluding hydrogens is 268 g/mol. The first-order valence-corrected chi connectivity index (χ1v) is 6.26. The topological polar surface area (TPSA) is 87.5 Å². The van der Waals surface area contributed by atoms with Crippen molar-refractivity contribution in [2.45, 2.75) is 12.8 Å². The Balaban J connectivity index is 0.00000324. The number of hydrogen-bond acceptors (Lipinski definition) is 4. The number of likely N-dealkylation sites (tertiary alicyclic amines) is 1. The highest BCUT2D eigenvalue weighted by Gasteiger charge is 2.20. The van der Waals surface area contributed by atoms with Gasteiger partial charge in [0.15, 0.2) is 0 Å². The molecule has 1 rings (SSSR count). The Morgan fingerprint density at radius 3 is 2.53 bits per heavy atom. The first-order chi connectivity index (χ1) is 8.65. The minimum absolute atomic E-state index is 0. The number of carbonyl (C=O) groups is 2. The fourth-order valence-electron chi connectivity index (χ4n) is 1.96. The lowest BCUT2D eigenvalue weighted by molar-refractivity contribution is -0.121. The van der Waals surface area contributed by atoms with Gasteiger partial charge in [0.05, 0.1) is 6.54 Å². The predicted octanol–water partition coefficient (Wildman–Crippen LogP) is 0.0907. The van der Waals surface area contributed by atoms with Gasteiger partial charge in [-0.2, -0.15) is 0 Å². The molecule has 1 aliphatic rings. The molecule has 7 heteroatoms. The van der Waals surface area contributed by atoms with E-state index in [0.29, 0.717) is 19.0 Å². The summed E-state index contributed by atoms with van der Waals surface area (Å²) in [6.07, 6.45) is 3.60. The molecule has 0 aromatic rings. The largest absolute Gasteiger partial charge is 0.334 e. The molecule has 0 aliphatic carbocycles. The van der Waals surface area contributed by atoms with E-state index in [1.807, 2.05) is 4.90 Å². The highest BCUT2D eigenvalue weighted by molar-refractivity contribution is 5.95. The molecule has 1 fully saturated rings. The van der Waals surface area contributed by atoms with Crippen LogP contribution in [-0.2, 0) is 4.79 Å². The third-order valence-electron chi connectivity index (χ3n) is 3.07. The molecule has 110 valence electrons. The van der Waals surface area contributed by atoms with E-state index in [0.717, 1.165) is 25.9 Å². The van der Waals surface area contributed by atoms with Crippen LogP contribution in [0.2, 0.25) is 0 Å².